The van der Waals surface area contributed by atoms with Crippen molar-refractivity contribution < 1.29 is 19.1 Å². The van der Waals surface area contributed by atoms with Gasteiger partial charge >= 0.3 is 0 Å². The van der Waals surface area contributed by atoms with Crippen LogP contribution in [-0.2, 0) is 14.3 Å². The first-order valence-electron chi connectivity index (χ1n) is 10.8. The van der Waals surface area contributed by atoms with E-state index < -0.39 is 0 Å². The fourth-order valence-electron chi connectivity index (χ4n) is 3.63. The van der Waals surface area contributed by atoms with E-state index in [2.05, 4.69) is 5.32 Å². The van der Waals surface area contributed by atoms with Crippen molar-refractivity contribution in [1.82, 2.24) is 4.90 Å². The van der Waals surface area contributed by atoms with Gasteiger partial charge in [-0.05, 0) is 74.9 Å². The van der Waals surface area contributed by atoms with Crippen LogP contribution in [0.3, 0.4) is 0 Å². The standard InChI is InChI=1S/C25H32N2O4/c1-17-10-11-19(3)23(13-17)31-16-25(29)27(14-21-8-6-12-30-21)15-24(28)26-22-9-5-7-18(2)20(22)4/h5,7,9-11,13,21H,6,8,12,14-16H2,1-4H3,(H,26,28). The fourth-order valence-corrected chi connectivity index (χ4v) is 3.63. The Morgan fingerprint density at radius 3 is 2.68 bits per heavy atom. The summed E-state index contributed by atoms with van der Waals surface area (Å²) in [5.41, 5.74) is 4.92. The predicted octanol–water partition coefficient (Wildman–Crippen LogP) is 3.95. The highest BCUT2D eigenvalue weighted by Crippen LogP contribution is 2.20. The summed E-state index contributed by atoms with van der Waals surface area (Å²) in [6.45, 7) is 8.82. The molecule has 1 aliphatic heterocycles. The third kappa shape index (κ3) is 6.31. The van der Waals surface area contributed by atoms with Gasteiger partial charge in [-0.2, -0.15) is 0 Å². The van der Waals surface area contributed by atoms with E-state index in [0.717, 1.165) is 40.8 Å². The Labute approximate surface area is 184 Å². The van der Waals surface area contributed by atoms with E-state index in [0.29, 0.717) is 18.9 Å². The van der Waals surface area contributed by atoms with Gasteiger partial charge in [-0.25, -0.2) is 0 Å². The lowest BCUT2D eigenvalue weighted by Crippen LogP contribution is -2.44. The van der Waals surface area contributed by atoms with Gasteiger partial charge in [0.05, 0.1) is 6.10 Å². The average Bonchev–Trinajstić information content (AvgIpc) is 3.24. The lowest BCUT2D eigenvalue weighted by Gasteiger charge is -2.25. The number of carbonyl (C=O) groups excluding carboxylic acids is 2. The van der Waals surface area contributed by atoms with E-state index in [1.807, 2.05) is 64.1 Å². The molecule has 2 amide bonds. The lowest BCUT2D eigenvalue weighted by molar-refractivity contribution is -0.138. The molecule has 2 aromatic carbocycles. The molecule has 6 heteroatoms. The van der Waals surface area contributed by atoms with Crippen molar-refractivity contribution in [2.24, 2.45) is 0 Å². The number of ether oxygens (including phenoxy) is 2. The van der Waals surface area contributed by atoms with Gasteiger partial charge in [0.2, 0.25) is 5.91 Å². The highest BCUT2D eigenvalue weighted by Gasteiger charge is 2.25. The van der Waals surface area contributed by atoms with E-state index >= 15 is 0 Å². The van der Waals surface area contributed by atoms with Crippen LogP contribution in [0.1, 0.15) is 35.1 Å². The third-order valence-electron chi connectivity index (χ3n) is 5.71. The highest BCUT2D eigenvalue weighted by atomic mass is 16.5. The number of benzene rings is 2. The smallest absolute Gasteiger partial charge is 0.261 e. The van der Waals surface area contributed by atoms with Crippen molar-refractivity contribution in [2.75, 3.05) is 31.6 Å². The summed E-state index contributed by atoms with van der Waals surface area (Å²) in [5, 5.41) is 2.94. The maximum absolute atomic E-state index is 13.0. The van der Waals surface area contributed by atoms with E-state index in [9.17, 15) is 9.59 Å². The molecular formula is C25H32N2O4. The number of rotatable bonds is 8. The minimum Gasteiger partial charge on any atom is -0.483 e. The Morgan fingerprint density at radius 2 is 1.94 bits per heavy atom. The first-order valence-corrected chi connectivity index (χ1v) is 10.8. The molecule has 2 aromatic rings. The van der Waals surface area contributed by atoms with Crippen molar-refractivity contribution in [2.45, 2.75) is 46.6 Å². The number of amides is 2. The van der Waals surface area contributed by atoms with Crippen LogP contribution in [0.25, 0.3) is 0 Å². The normalized spacial score (nSPS) is 15.5. The summed E-state index contributed by atoms with van der Waals surface area (Å²) in [6, 6.07) is 11.7. The number of carbonyl (C=O) groups is 2. The van der Waals surface area contributed by atoms with Crippen molar-refractivity contribution >= 4 is 17.5 Å². The minimum absolute atomic E-state index is 0.0394. The summed E-state index contributed by atoms with van der Waals surface area (Å²) >= 11 is 0. The second-order valence-electron chi connectivity index (χ2n) is 8.26. The Morgan fingerprint density at radius 1 is 1.13 bits per heavy atom. The molecular weight excluding hydrogens is 392 g/mol. The molecule has 1 aliphatic rings. The summed E-state index contributed by atoms with van der Waals surface area (Å²) in [6.07, 6.45) is 1.82. The van der Waals surface area contributed by atoms with Gasteiger partial charge in [0.15, 0.2) is 6.61 Å². The number of nitrogens with one attached hydrogen (secondary N) is 1. The van der Waals surface area contributed by atoms with Gasteiger partial charge in [0.25, 0.3) is 5.91 Å². The SMILES string of the molecule is Cc1ccc(C)c(OCC(=O)N(CC(=O)Nc2cccc(C)c2C)CC2CCCO2)c1. The first kappa shape index (κ1) is 22.8. The first-order chi connectivity index (χ1) is 14.8. The van der Waals surface area contributed by atoms with Crippen LogP contribution in [0, 0.1) is 27.7 Å². The molecule has 1 unspecified atom stereocenters. The molecule has 1 N–H and O–H groups in total. The van der Waals surface area contributed by atoms with Crippen LogP contribution < -0.4 is 10.1 Å². The molecule has 31 heavy (non-hydrogen) atoms. The van der Waals surface area contributed by atoms with E-state index in [1.54, 1.807) is 4.90 Å². The zero-order chi connectivity index (χ0) is 22.4. The maximum atomic E-state index is 13.0. The van der Waals surface area contributed by atoms with Gasteiger partial charge in [0.1, 0.15) is 12.3 Å². The molecule has 166 valence electrons. The number of nitrogens with zero attached hydrogens (tertiary/aromatic N) is 1. The van der Waals surface area contributed by atoms with Crippen molar-refractivity contribution in [3.8, 4) is 5.75 Å². The number of hydrogen-bond acceptors (Lipinski definition) is 4. The summed E-state index contributed by atoms with van der Waals surface area (Å²) < 4.78 is 11.5. The molecule has 1 heterocycles. The highest BCUT2D eigenvalue weighted by molar-refractivity contribution is 5.95. The zero-order valence-electron chi connectivity index (χ0n) is 18.9. The van der Waals surface area contributed by atoms with E-state index in [1.165, 1.54) is 0 Å². The Bertz CT molecular complexity index is 935. The van der Waals surface area contributed by atoms with Crippen molar-refractivity contribution in [3.63, 3.8) is 0 Å². The molecule has 6 nitrogen and oxygen atoms in total. The molecule has 0 aliphatic carbocycles. The second-order valence-corrected chi connectivity index (χ2v) is 8.26. The molecule has 1 saturated heterocycles. The zero-order valence-corrected chi connectivity index (χ0v) is 18.9. The largest absolute Gasteiger partial charge is 0.483 e. The van der Waals surface area contributed by atoms with Gasteiger partial charge in [0, 0.05) is 18.8 Å². The second kappa shape index (κ2) is 10.4. The number of aryl methyl sites for hydroxylation is 3. The quantitative estimate of drug-likeness (QED) is 0.697. The van der Waals surface area contributed by atoms with Gasteiger partial charge in [-0.15, -0.1) is 0 Å². The monoisotopic (exact) mass is 424 g/mol. The fraction of sp³-hybridized carbons (Fsp3) is 0.440. The summed E-state index contributed by atoms with van der Waals surface area (Å²) in [4.78, 5) is 27.3. The molecule has 0 aromatic heterocycles. The molecule has 0 bridgehead atoms. The molecule has 1 atom stereocenters. The van der Waals surface area contributed by atoms with Crippen LogP contribution in [0.5, 0.6) is 5.75 Å². The number of hydrogen-bond donors (Lipinski definition) is 1. The van der Waals surface area contributed by atoms with Crippen molar-refractivity contribution in [3.05, 3.63) is 58.7 Å². The van der Waals surface area contributed by atoms with E-state index in [-0.39, 0.29) is 31.1 Å². The van der Waals surface area contributed by atoms with E-state index in [4.69, 9.17) is 9.47 Å². The van der Waals surface area contributed by atoms with Gasteiger partial charge in [-0.1, -0.05) is 24.3 Å². The van der Waals surface area contributed by atoms with Crippen LogP contribution in [0.2, 0.25) is 0 Å². The Kier molecular flexibility index (Phi) is 7.69. The Hall–Kier alpha value is -2.86. The molecule has 0 saturated carbocycles. The van der Waals surface area contributed by atoms with Crippen LogP contribution >= 0.6 is 0 Å². The predicted molar refractivity (Wildman–Crippen MR) is 122 cm³/mol. The Balaban J connectivity index is 1.66. The molecule has 1 fully saturated rings. The topological polar surface area (TPSA) is 67.9 Å². The molecule has 0 spiro atoms. The van der Waals surface area contributed by atoms with Crippen LogP contribution in [-0.4, -0.2) is 49.1 Å². The average molecular weight is 425 g/mol. The third-order valence-corrected chi connectivity index (χ3v) is 5.71. The van der Waals surface area contributed by atoms with Gasteiger partial charge in [-0.3, -0.25) is 9.59 Å². The summed E-state index contributed by atoms with van der Waals surface area (Å²) in [5.74, 6) is 0.226. The molecule has 0 radical (unpaired) electrons. The molecule has 3 rings (SSSR count). The maximum Gasteiger partial charge on any atom is 0.261 e. The van der Waals surface area contributed by atoms with Crippen LogP contribution in [0.4, 0.5) is 5.69 Å². The van der Waals surface area contributed by atoms with Crippen LogP contribution in [0.15, 0.2) is 36.4 Å². The lowest BCUT2D eigenvalue weighted by atomic mass is 10.1. The van der Waals surface area contributed by atoms with Crippen molar-refractivity contribution in [1.29, 1.82) is 0 Å². The van der Waals surface area contributed by atoms with Gasteiger partial charge < -0.3 is 19.7 Å². The number of anilines is 1. The summed E-state index contributed by atoms with van der Waals surface area (Å²) in [7, 11) is 0. The minimum atomic E-state index is -0.230.